The molecule has 0 spiro atoms. The lowest BCUT2D eigenvalue weighted by Crippen LogP contribution is -2.43. The second kappa shape index (κ2) is 14.5. The minimum Gasteiger partial charge on any atom is -0.467 e. The molecule has 4 aromatic rings. The molecule has 2 amide bonds. The minimum absolute atomic E-state index is 0.176. The predicted molar refractivity (Wildman–Crippen MR) is 182 cm³/mol. The van der Waals surface area contributed by atoms with Gasteiger partial charge in [0.05, 0.1) is 7.11 Å². The fraction of sp³-hybridized carbons (Fsp3) is 0.270. The molecule has 46 heavy (non-hydrogen) atoms. The third kappa shape index (κ3) is 6.84. The number of benzene rings is 3. The van der Waals surface area contributed by atoms with Crippen molar-refractivity contribution >= 4 is 40.7 Å². The molecule has 1 aliphatic rings. The molecule has 1 N–H and O–H groups in total. The van der Waals surface area contributed by atoms with Crippen LogP contribution in [0.5, 0.6) is 0 Å². The number of anilines is 1. The lowest BCUT2D eigenvalue weighted by atomic mass is 9.99. The van der Waals surface area contributed by atoms with Crippen molar-refractivity contribution in [2.24, 2.45) is 0 Å². The van der Waals surface area contributed by atoms with Crippen molar-refractivity contribution in [2.45, 2.75) is 58.3 Å². The Bertz CT molecular complexity index is 1710. The average molecular weight is 635 g/mol. The first-order chi connectivity index (χ1) is 22.2. The second-order valence-corrected chi connectivity index (χ2v) is 11.8. The number of hydrogen-bond donors (Lipinski definition) is 1. The number of carbonyl (C=O) groups is 3. The van der Waals surface area contributed by atoms with Crippen molar-refractivity contribution in [1.82, 2.24) is 15.2 Å². The molecule has 2 heterocycles. The van der Waals surface area contributed by atoms with Gasteiger partial charge in [-0.2, -0.15) is 0 Å². The molecule has 0 radical (unpaired) electrons. The van der Waals surface area contributed by atoms with Gasteiger partial charge in [0, 0.05) is 43.4 Å². The number of aromatic nitrogens is 1. The van der Waals surface area contributed by atoms with Gasteiger partial charge < -0.3 is 15.0 Å². The van der Waals surface area contributed by atoms with Gasteiger partial charge in [-0.15, -0.1) is 0 Å². The standard InChI is InChI=1S/C37H38N4O4S/c1-5-28-15-9-11-24(2)33(28)34(46)39-31(37(44)45-4)21-26-16-18-30(19-17-26)41-35(29-13-7-6-8-14-29)40(25(3)42)32(36(41)43)22-27-12-10-20-38-23-27/h6-20,23,31-32,35H,5,21-22H2,1-4H3,(H,39,46). The number of carbonyl (C=O) groups excluding carboxylic acids is 3. The van der Waals surface area contributed by atoms with Gasteiger partial charge in [-0.3, -0.25) is 19.5 Å². The summed E-state index contributed by atoms with van der Waals surface area (Å²) in [6, 6.07) is 25.4. The number of methoxy groups -OCH3 is 1. The molecule has 236 valence electrons. The molecule has 1 aromatic heterocycles. The SMILES string of the molecule is CCc1cccc(C)c1C(=S)NC(Cc1ccc(N2C(=O)C(Cc3cccnc3)N(C(C)=O)C2c2ccccc2)cc1)C(=O)OC. The van der Waals surface area contributed by atoms with Gasteiger partial charge in [0.2, 0.25) is 5.91 Å². The Labute approximate surface area is 275 Å². The smallest absolute Gasteiger partial charge is 0.328 e. The third-order valence-electron chi connectivity index (χ3n) is 8.39. The highest BCUT2D eigenvalue weighted by Crippen LogP contribution is 2.39. The molecule has 1 fully saturated rings. The van der Waals surface area contributed by atoms with E-state index in [0.717, 1.165) is 39.8 Å². The van der Waals surface area contributed by atoms with Crippen molar-refractivity contribution in [3.05, 3.63) is 131 Å². The van der Waals surface area contributed by atoms with Crippen LogP contribution < -0.4 is 10.2 Å². The summed E-state index contributed by atoms with van der Waals surface area (Å²) < 4.78 is 5.13. The van der Waals surface area contributed by atoms with Crippen LogP contribution in [0.15, 0.2) is 97.3 Å². The number of nitrogens with one attached hydrogen (secondary N) is 1. The van der Waals surface area contributed by atoms with Crippen molar-refractivity contribution < 1.29 is 19.1 Å². The fourth-order valence-corrected chi connectivity index (χ4v) is 6.59. The summed E-state index contributed by atoms with van der Waals surface area (Å²) in [5, 5.41) is 3.24. The molecule has 3 atom stereocenters. The van der Waals surface area contributed by atoms with E-state index >= 15 is 0 Å². The quantitative estimate of drug-likeness (QED) is 0.182. The van der Waals surface area contributed by atoms with Crippen molar-refractivity contribution in [2.75, 3.05) is 12.0 Å². The molecule has 1 saturated heterocycles. The maximum Gasteiger partial charge on any atom is 0.328 e. The first-order valence-electron chi connectivity index (χ1n) is 15.3. The van der Waals surface area contributed by atoms with Gasteiger partial charge in [0.25, 0.3) is 5.91 Å². The van der Waals surface area contributed by atoms with Gasteiger partial charge in [-0.25, -0.2) is 4.79 Å². The maximum atomic E-state index is 14.2. The van der Waals surface area contributed by atoms with Crippen LogP contribution in [0.1, 0.15) is 53.4 Å². The molecule has 8 nitrogen and oxygen atoms in total. The van der Waals surface area contributed by atoms with Gasteiger partial charge in [0.1, 0.15) is 23.2 Å². The number of esters is 1. The predicted octanol–water partition coefficient (Wildman–Crippen LogP) is 5.51. The Morgan fingerprint density at radius 3 is 2.35 bits per heavy atom. The number of hydrogen-bond acceptors (Lipinski definition) is 6. The Kier molecular flexibility index (Phi) is 10.2. The summed E-state index contributed by atoms with van der Waals surface area (Å²) in [6.07, 6.45) is 4.26. The zero-order valence-corrected chi connectivity index (χ0v) is 27.3. The van der Waals surface area contributed by atoms with Crippen LogP contribution >= 0.6 is 12.2 Å². The Morgan fingerprint density at radius 2 is 1.72 bits per heavy atom. The zero-order valence-electron chi connectivity index (χ0n) is 26.5. The average Bonchev–Trinajstić information content (AvgIpc) is 3.36. The van der Waals surface area contributed by atoms with Gasteiger partial charge in [-0.1, -0.05) is 85.9 Å². The van der Waals surface area contributed by atoms with Gasteiger partial charge >= 0.3 is 5.97 Å². The monoisotopic (exact) mass is 634 g/mol. The molecule has 3 aromatic carbocycles. The summed E-state index contributed by atoms with van der Waals surface area (Å²) >= 11 is 5.78. The number of thiocarbonyl (C=S) groups is 1. The maximum absolute atomic E-state index is 14.2. The fourth-order valence-electron chi connectivity index (χ4n) is 6.16. The summed E-state index contributed by atoms with van der Waals surface area (Å²) in [7, 11) is 1.36. The lowest BCUT2D eigenvalue weighted by molar-refractivity contribution is -0.142. The van der Waals surface area contributed by atoms with Crippen LogP contribution in [0.4, 0.5) is 5.69 Å². The second-order valence-electron chi connectivity index (χ2n) is 11.4. The third-order valence-corrected chi connectivity index (χ3v) is 8.71. The zero-order chi connectivity index (χ0) is 32.8. The van der Waals surface area contributed by atoms with Gasteiger partial charge in [-0.05, 0) is 59.4 Å². The molecular formula is C37H38N4O4S. The van der Waals surface area contributed by atoms with Crippen LogP contribution in [-0.2, 0) is 38.4 Å². The van der Waals surface area contributed by atoms with E-state index in [4.69, 9.17) is 17.0 Å². The highest BCUT2D eigenvalue weighted by molar-refractivity contribution is 7.80. The van der Waals surface area contributed by atoms with Crippen molar-refractivity contribution in [3.63, 3.8) is 0 Å². The number of nitrogens with zero attached hydrogens (tertiary/aromatic N) is 3. The molecular weight excluding hydrogens is 596 g/mol. The molecule has 9 heteroatoms. The Balaban J connectivity index is 1.44. The van der Waals surface area contributed by atoms with E-state index in [2.05, 4.69) is 17.2 Å². The number of aryl methyl sites for hydroxylation is 2. The lowest BCUT2D eigenvalue weighted by Gasteiger charge is -2.31. The first kappa shape index (κ1) is 32.5. The van der Waals surface area contributed by atoms with Crippen molar-refractivity contribution in [3.8, 4) is 0 Å². The van der Waals surface area contributed by atoms with Crippen LogP contribution in [0.3, 0.4) is 0 Å². The first-order valence-corrected chi connectivity index (χ1v) is 15.8. The minimum atomic E-state index is -0.713. The van der Waals surface area contributed by atoms with E-state index < -0.39 is 24.2 Å². The molecule has 0 bridgehead atoms. The summed E-state index contributed by atoms with van der Waals surface area (Å²) in [4.78, 5) is 48.2. The van der Waals surface area contributed by atoms with Crippen LogP contribution in [0, 0.1) is 6.92 Å². The van der Waals surface area contributed by atoms with Crippen LogP contribution in [-0.4, -0.2) is 51.8 Å². The molecule has 0 aliphatic carbocycles. The van der Waals surface area contributed by atoms with E-state index in [-0.39, 0.29) is 11.8 Å². The largest absolute Gasteiger partial charge is 0.467 e. The van der Waals surface area contributed by atoms with Crippen LogP contribution in [0.2, 0.25) is 0 Å². The van der Waals surface area contributed by atoms with E-state index in [0.29, 0.717) is 23.5 Å². The number of pyridine rings is 1. The summed E-state index contributed by atoms with van der Waals surface area (Å²) in [5.41, 5.74) is 6.27. The van der Waals surface area contributed by atoms with E-state index in [1.165, 1.54) is 14.0 Å². The molecule has 1 aliphatic heterocycles. The normalized spacial score (nSPS) is 16.7. The Morgan fingerprint density at radius 1 is 0.978 bits per heavy atom. The molecule has 0 saturated carbocycles. The Hall–Kier alpha value is -4.89. The highest BCUT2D eigenvalue weighted by Gasteiger charge is 2.48. The highest BCUT2D eigenvalue weighted by atomic mass is 32.1. The van der Waals surface area contributed by atoms with Crippen molar-refractivity contribution in [1.29, 1.82) is 0 Å². The van der Waals surface area contributed by atoms with E-state index in [1.807, 2.05) is 91.9 Å². The van der Waals surface area contributed by atoms with Crippen LogP contribution in [0.25, 0.3) is 0 Å². The molecule has 3 unspecified atom stereocenters. The topological polar surface area (TPSA) is 91.8 Å². The number of amides is 2. The number of rotatable bonds is 10. The van der Waals surface area contributed by atoms with E-state index in [1.54, 1.807) is 22.2 Å². The molecule has 5 rings (SSSR count). The van der Waals surface area contributed by atoms with Gasteiger partial charge in [0.15, 0.2) is 0 Å². The number of ether oxygens (including phenoxy) is 1. The summed E-state index contributed by atoms with van der Waals surface area (Å²) in [6.45, 7) is 5.58. The summed E-state index contributed by atoms with van der Waals surface area (Å²) in [5.74, 6) is -0.796. The van der Waals surface area contributed by atoms with E-state index in [9.17, 15) is 14.4 Å².